The van der Waals surface area contributed by atoms with Crippen molar-refractivity contribution >= 4 is 11.9 Å². The molecule has 7 heteroatoms. The maximum Gasteiger partial charge on any atom is 0.125 e. The van der Waals surface area contributed by atoms with Gasteiger partial charge in [0.2, 0.25) is 0 Å². The Bertz CT molecular complexity index is 1150. The van der Waals surface area contributed by atoms with E-state index >= 15 is 0 Å². The topological polar surface area (TPSA) is 96.9 Å². The predicted molar refractivity (Wildman–Crippen MR) is 131 cm³/mol. The van der Waals surface area contributed by atoms with Crippen molar-refractivity contribution in [2.75, 3.05) is 39.1 Å². The Balaban J connectivity index is 1.29. The Morgan fingerprint density at radius 1 is 1.03 bits per heavy atom. The molecule has 3 aromatic rings. The lowest BCUT2D eigenvalue weighted by molar-refractivity contribution is 0.000892. The van der Waals surface area contributed by atoms with Crippen LogP contribution in [0.3, 0.4) is 0 Å². The minimum Gasteiger partial charge on any atom is -0.507 e. The van der Waals surface area contributed by atoms with Crippen molar-refractivity contribution in [3.63, 3.8) is 0 Å². The van der Waals surface area contributed by atoms with Crippen molar-refractivity contribution in [1.29, 1.82) is 0 Å². The number of nitrogen functional groups attached to an aromatic ring is 1. The lowest BCUT2D eigenvalue weighted by Crippen LogP contribution is -2.52. The fraction of sp³-hybridized carbons (Fsp3) is 0.346. The lowest BCUT2D eigenvalue weighted by atomic mass is 9.91. The predicted octanol–water partition coefficient (Wildman–Crippen LogP) is 3.73. The summed E-state index contributed by atoms with van der Waals surface area (Å²) in [5, 5.41) is 19.6. The molecular formula is C26H29N5O2. The number of ether oxygens (including phenoxy) is 1. The first-order valence-corrected chi connectivity index (χ1v) is 11.4. The quantitative estimate of drug-likeness (QED) is 0.461. The average molecular weight is 444 g/mol. The summed E-state index contributed by atoms with van der Waals surface area (Å²) < 4.78 is 5.47. The van der Waals surface area contributed by atoms with E-state index in [9.17, 15) is 5.11 Å². The number of hydrogen-bond donors (Lipinski definition) is 2. The van der Waals surface area contributed by atoms with Crippen molar-refractivity contribution < 1.29 is 9.84 Å². The van der Waals surface area contributed by atoms with Crippen molar-refractivity contribution in [1.82, 2.24) is 15.1 Å². The molecule has 0 bridgehead atoms. The van der Waals surface area contributed by atoms with Gasteiger partial charge in [-0.25, -0.2) is 0 Å². The molecule has 2 aromatic carbocycles. The van der Waals surface area contributed by atoms with Crippen molar-refractivity contribution in [3.05, 3.63) is 59.8 Å². The number of nitrogens with two attached hydrogens (primary N) is 1. The van der Waals surface area contributed by atoms with Crippen LogP contribution in [0.25, 0.3) is 22.4 Å². The molecule has 0 aliphatic carbocycles. The molecule has 2 aliphatic rings. The van der Waals surface area contributed by atoms with E-state index in [2.05, 4.69) is 20.1 Å². The van der Waals surface area contributed by atoms with Crippen molar-refractivity contribution in [2.24, 2.45) is 4.99 Å². The highest BCUT2D eigenvalue weighted by atomic mass is 16.5. The average Bonchev–Trinajstić information content (AvgIpc) is 2.81. The van der Waals surface area contributed by atoms with Gasteiger partial charge in [-0.3, -0.25) is 9.89 Å². The Morgan fingerprint density at radius 2 is 1.79 bits per heavy atom. The minimum absolute atomic E-state index is 0.173. The molecule has 2 fully saturated rings. The number of rotatable bonds is 5. The summed E-state index contributed by atoms with van der Waals surface area (Å²) in [5.41, 5.74) is 11.7. The van der Waals surface area contributed by atoms with E-state index in [1.807, 2.05) is 42.5 Å². The molecule has 0 spiro atoms. The normalized spacial score (nSPS) is 18.0. The van der Waals surface area contributed by atoms with E-state index < -0.39 is 0 Å². The molecule has 0 unspecified atom stereocenters. The molecule has 2 aliphatic heterocycles. The molecule has 3 heterocycles. The first kappa shape index (κ1) is 21.6. The first-order valence-electron chi connectivity index (χ1n) is 11.4. The van der Waals surface area contributed by atoms with Gasteiger partial charge in [-0.15, -0.1) is 0 Å². The number of nitrogens with zero attached hydrogens (tertiary/aromatic N) is 4. The van der Waals surface area contributed by atoms with Crippen LogP contribution in [0.1, 0.15) is 30.0 Å². The first-order chi connectivity index (χ1) is 16.1. The van der Waals surface area contributed by atoms with Gasteiger partial charge in [0.05, 0.1) is 11.4 Å². The number of aromatic hydroxyl groups is 1. The second-order valence-corrected chi connectivity index (χ2v) is 8.80. The lowest BCUT2D eigenvalue weighted by Gasteiger charge is -2.45. The summed E-state index contributed by atoms with van der Waals surface area (Å²) in [6.45, 7) is 3.81. The number of aliphatic imine (C=N–C) groups is 1. The molecular weight excluding hydrogens is 414 g/mol. The summed E-state index contributed by atoms with van der Waals surface area (Å²) in [7, 11) is 1.71. The Kier molecular flexibility index (Phi) is 6.07. The summed E-state index contributed by atoms with van der Waals surface area (Å²) in [6.07, 6.45) is 3.97. The standard InChI is InChI=1S/C26H29N5O2/c1-28-14-19-12-17(3-5-23(19)27)18-2-4-22(26(32)13-18)25-7-6-24(29-30-25)20-15-31(16-20)21-8-10-33-11-9-21/h2-7,12-14,20-21,32H,8-11,15-16,27H2,1H3. The molecule has 170 valence electrons. The third kappa shape index (κ3) is 4.47. The molecule has 3 N–H and O–H groups in total. The zero-order chi connectivity index (χ0) is 22.8. The maximum atomic E-state index is 10.7. The minimum atomic E-state index is 0.173. The largest absolute Gasteiger partial charge is 0.507 e. The van der Waals surface area contributed by atoms with Crippen LogP contribution in [0.4, 0.5) is 5.69 Å². The number of likely N-dealkylation sites (tertiary alicyclic amines) is 1. The molecule has 0 atom stereocenters. The van der Waals surface area contributed by atoms with Gasteiger partial charge in [-0.2, -0.15) is 10.2 Å². The Labute approximate surface area is 193 Å². The summed E-state index contributed by atoms with van der Waals surface area (Å²) >= 11 is 0. The fourth-order valence-corrected chi connectivity index (χ4v) is 4.69. The second kappa shape index (κ2) is 9.29. The van der Waals surface area contributed by atoms with E-state index in [4.69, 9.17) is 10.5 Å². The van der Waals surface area contributed by atoms with Crippen LogP contribution in [0, 0.1) is 0 Å². The monoisotopic (exact) mass is 443 g/mol. The highest BCUT2D eigenvalue weighted by molar-refractivity contribution is 5.89. The smallest absolute Gasteiger partial charge is 0.125 e. The van der Waals surface area contributed by atoms with Crippen LogP contribution in [0.15, 0.2) is 53.5 Å². The number of phenolic OH excluding ortho intramolecular Hbond substituents is 1. The Hall–Kier alpha value is -3.29. The highest BCUT2D eigenvalue weighted by Crippen LogP contribution is 2.34. The molecule has 0 saturated carbocycles. The van der Waals surface area contributed by atoms with Crippen LogP contribution in [0.2, 0.25) is 0 Å². The fourth-order valence-electron chi connectivity index (χ4n) is 4.69. The molecule has 0 amide bonds. The van der Waals surface area contributed by atoms with Gasteiger partial charge in [0.1, 0.15) is 5.75 Å². The van der Waals surface area contributed by atoms with Gasteiger partial charge in [-0.05, 0) is 60.4 Å². The van der Waals surface area contributed by atoms with E-state index in [0.717, 1.165) is 61.5 Å². The van der Waals surface area contributed by atoms with E-state index in [1.54, 1.807) is 19.3 Å². The van der Waals surface area contributed by atoms with Gasteiger partial charge >= 0.3 is 0 Å². The number of hydrogen-bond acceptors (Lipinski definition) is 7. The van der Waals surface area contributed by atoms with Gasteiger partial charge < -0.3 is 15.6 Å². The zero-order valence-corrected chi connectivity index (χ0v) is 18.8. The highest BCUT2D eigenvalue weighted by Gasteiger charge is 2.34. The molecule has 7 nitrogen and oxygen atoms in total. The summed E-state index contributed by atoms with van der Waals surface area (Å²) in [4.78, 5) is 6.58. The SMILES string of the molecule is CN=Cc1cc(-c2ccc(-c3ccc(C4CN(C5CCOCC5)C4)nn3)c(O)c2)ccc1N. The van der Waals surface area contributed by atoms with E-state index in [0.29, 0.717) is 28.9 Å². The van der Waals surface area contributed by atoms with Crippen LogP contribution in [-0.4, -0.2) is 65.8 Å². The molecule has 0 radical (unpaired) electrons. The van der Waals surface area contributed by atoms with Crippen LogP contribution in [-0.2, 0) is 4.74 Å². The van der Waals surface area contributed by atoms with Gasteiger partial charge in [0.25, 0.3) is 0 Å². The zero-order valence-electron chi connectivity index (χ0n) is 18.8. The van der Waals surface area contributed by atoms with Crippen LogP contribution >= 0.6 is 0 Å². The second-order valence-electron chi connectivity index (χ2n) is 8.80. The molecule has 1 aromatic heterocycles. The summed E-state index contributed by atoms with van der Waals surface area (Å²) in [5.74, 6) is 0.600. The van der Waals surface area contributed by atoms with E-state index in [-0.39, 0.29) is 5.75 Å². The molecule has 5 rings (SSSR count). The third-order valence-electron chi connectivity index (χ3n) is 6.68. The van der Waals surface area contributed by atoms with Gasteiger partial charge in [0, 0.05) is 68.3 Å². The third-order valence-corrected chi connectivity index (χ3v) is 6.68. The Morgan fingerprint density at radius 3 is 2.48 bits per heavy atom. The van der Waals surface area contributed by atoms with Crippen molar-refractivity contribution in [3.8, 4) is 28.1 Å². The van der Waals surface area contributed by atoms with Crippen LogP contribution < -0.4 is 5.73 Å². The summed E-state index contributed by atoms with van der Waals surface area (Å²) in [6, 6.07) is 16.0. The van der Waals surface area contributed by atoms with E-state index in [1.165, 1.54) is 0 Å². The number of aromatic nitrogens is 2. The maximum absolute atomic E-state index is 10.7. The molecule has 33 heavy (non-hydrogen) atoms. The number of phenols is 1. The molecule has 2 saturated heterocycles. The van der Waals surface area contributed by atoms with Crippen molar-refractivity contribution in [2.45, 2.75) is 24.8 Å². The van der Waals surface area contributed by atoms with Gasteiger partial charge in [0.15, 0.2) is 0 Å². The van der Waals surface area contributed by atoms with Crippen LogP contribution in [0.5, 0.6) is 5.75 Å². The number of anilines is 1. The van der Waals surface area contributed by atoms with Gasteiger partial charge in [-0.1, -0.05) is 12.1 Å². The number of benzene rings is 2.